The van der Waals surface area contributed by atoms with E-state index in [1.807, 2.05) is 0 Å². The van der Waals surface area contributed by atoms with Gasteiger partial charge in [-0.3, -0.25) is 4.90 Å². The molecule has 0 bridgehead atoms. The summed E-state index contributed by atoms with van der Waals surface area (Å²) in [6.45, 7) is 8.60. The number of rotatable bonds is 6. The van der Waals surface area contributed by atoms with E-state index in [2.05, 4.69) is 59.4 Å². The van der Waals surface area contributed by atoms with Crippen molar-refractivity contribution in [1.29, 1.82) is 0 Å². The van der Waals surface area contributed by atoms with Gasteiger partial charge in [-0.25, -0.2) is 0 Å². The van der Waals surface area contributed by atoms with Crippen LogP contribution in [0.25, 0.3) is 5.65 Å². The number of fused-ring (bicyclic) bond motifs is 1. The van der Waals surface area contributed by atoms with Crippen LogP contribution in [0.3, 0.4) is 0 Å². The van der Waals surface area contributed by atoms with Gasteiger partial charge in [0.05, 0.1) is 11.4 Å². The first kappa shape index (κ1) is 17.1. The van der Waals surface area contributed by atoms with Crippen molar-refractivity contribution >= 4 is 11.3 Å². The van der Waals surface area contributed by atoms with Gasteiger partial charge in [-0.1, -0.05) is 40.0 Å². The molecule has 1 fully saturated rings. The van der Waals surface area contributed by atoms with Crippen molar-refractivity contribution in [1.82, 2.24) is 24.7 Å². The van der Waals surface area contributed by atoms with Crippen LogP contribution in [0.15, 0.2) is 12.4 Å². The van der Waals surface area contributed by atoms with Crippen LogP contribution in [0.4, 0.5) is 5.69 Å². The molecule has 1 aliphatic rings. The van der Waals surface area contributed by atoms with Crippen LogP contribution < -0.4 is 5.32 Å². The molecular formula is C18H30N6. The molecule has 2 aromatic heterocycles. The first-order valence-electron chi connectivity index (χ1n) is 9.22. The summed E-state index contributed by atoms with van der Waals surface area (Å²) in [7, 11) is 2.26. The van der Waals surface area contributed by atoms with E-state index < -0.39 is 0 Å². The molecule has 3 rings (SSSR count). The number of aromatic nitrogens is 4. The normalized spacial score (nSPS) is 17.8. The molecule has 132 valence electrons. The minimum atomic E-state index is 0.241. The molecule has 0 radical (unpaired) electrons. The van der Waals surface area contributed by atoms with Crippen LogP contribution in [-0.4, -0.2) is 50.4 Å². The fraction of sp³-hybridized carbons (Fsp3) is 0.722. The maximum Gasteiger partial charge on any atom is 0.200 e. The Balaban J connectivity index is 1.87. The molecular weight excluding hydrogens is 300 g/mol. The summed E-state index contributed by atoms with van der Waals surface area (Å²) in [5.74, 6) is 0.374. The fourth-order valence-corrected chi connectivity index (χ4v) is 3.76. The summed E-state index contributed by atoms with van der Waals surface area (Å²) in [4.78, 5) is 2.52. The van der Waals surface area contributed by atoms with Crippen molar-refractivity contribution in [2.45, 2.75) is 64.3 Å². The molecule has 0 spiro atoms. The summed E-state index contributed by atoms with van der Waals surface area (Å²) in [6.07, 6.45) is 8.20. The fourth-order valence-electron chi connectivity index (χ4n) is 3.76. The van der Waals surface area contributed by atoms with Crippen molar-refractivity contribution in [2.75, 3.05) is 25.5 Å². The molecule has 0 aromatic carbocycles. The Morgan fingerprint density at radius 2 is 2.04 bits per heavy atom. The Bertz CT molecular complexity index is 671. The van der Waals surface area contributed by atoms with Gasteiger partial charge in [0.15, 0.2) is 0 Å². The first-order chi connectivity index (χ1) is 11.6. The zero-order chi connectivity index (χ0) is 17.2. The van der Waals surface area contributed by atoms with Gasteiger partial charge in [0, 0.05) is 12.1 Å². The van der Waals surface area contributed by atoms with Gasteiger partial charge >= 0.3 is 0 Å². The van der Waals surface area contributed by atoms with Gasteiger partial charge in [0.2, 0.25) is 5.65 Å². The van der Waals surface area contributed by atoms with Crippen molar-refractivity contribution in [3.63, 3.8) is 0 Å². The zero-order valence-electron chi connectivity index (χ0n) is 15.4. The molecule has 0 amide bonds. The third-order valence-corrected chi connectivity index (χ3v) is 5.55. The van der Waals surface area contributed by atoms with Gasteiger partial charge in [-0.2, -0.15) is 9.61 Å². The van der Waals surface area contributed by atoms with Gasteiger partial charge in [-0.15, -0.1) is 10.2 Å². The molecule has 24 heavy (non-hydrogen) atoms. The lowest BCUT2D eigenvalue weighted by Gasteiger charge is -2.44. The Hall–Kier alpha value is -1.69. The van der Waals surface area contributed by atoms with Gasteiger partial charge in [0.25, 0.3) is 0 Å². The molecule has 0 aliphatic heterocycles. The van der Waals surface area contributed by atoms with E-state index in [-0.39, 0.29) is 5.54 Å². The smallest absolute Gasteiger partial charge is 0.200 e. The van der Waals surface area contributed by atoms with Crippen molar-refractivity contribution < 1.29 is 0 Å². The van der Waals surface area contributed by atoms with Crippen LogP contribution in [0, 0.1) is 0 Å². The van der Waals surface area contributed by atoms with Gasteiger partial charge < -0.3 is 5.32 Å². The molecule has 1 saturated carbocycles. The highest BCUT2D eigenvalue weighted by Crippen LogP contribution is 2.33. The molecule has 0 atom stereocenters. The van der Waals surface area contributed by atoms with E-state index in [0.29, 0.717) is 5.92 Å². The molecule has 1 aliphatic carbocycles. The number of anilines is 1. The van der Waals surface area contributed by atoms with E-state index in [9.17, 15) is 0 Å². The summed E-state index contributed by atoms with van der Waals surface area (Å²) >= 11 is 0. The second-order valence-corrected chi connectivity index (χ2v) is 7.39. The molecule has 1 N–H and O–H groups in total. The predicted molar refractivity (Wildman–Crippen MR) is 97.5 cm³/mol. The van der Waals surface area contributed by atoms with E-state index >= 15 is 0 Å². The van der Waals surface area contributed by atoms with Gasteiger partial charge in [0.1, 0.15) is 6.33 Å². The van der Waals surface area contributed by atoms with Crippen LogP contribution in [-0.2, 0) is 0 Å². The summed E-state index contributed by atoms with van der Waals surface area (Å²) < 4.78 is 1.79. The molecule has 2 heterocycles. The number of nitrogens with one attached hydrogen (secondary N) is 1. The SMILES string of the molecule is CCN(C)C1(CNc2cc(C(C)C)nn3cnnc23)CCCCC1. The monoisotopic (exact) mass is 330 g/mol. The minimum Gasteiger partial charge on any atom is -0.380 e. The highest BCUT2D eigenvalue weighted by molar-refractivity contribution is 5.66. The van der Waals surface area contributed by atoms with Gasteiger partial charge in [-0.05, 0) is 38.4 Å². The quantitative estimate of drug-likeness (QED) is 0.880. The average molecular weight is 330 g/mol. The number of hydrogen-bond donors (Lipinski definition) is 1. The summed E-state index contributed by atoms with van der Waals surface area (Å²) in [5.41, 5.74) is 3.15. The lowest BCUT2D eigenvalue weighted by atomic mass is 9.80. The Morgan fingerprint density at radius 3 is 2.71 bits per heavy atom. The summed E-state index contributed by atoms with van der Waals surface area (Å²) in [5, 5.41) is 16.6. The third-order valence-electron chi connectivity index (χ3n) is 5.55. The predicted octanol–water partition coefficient (Wildman–Crippen LogP) is 3.31. The maximum atomic E-state index is 4.60. The van der Waals surface area contributed by atoms with Crippen LogP contribution in [0.1, 0.15) is 64.5 Å². The van der Waals surface area contributed by atoms with Crippen molar-refractivity contribution in [3.8, 4) is 0 Å². The number of nitrogens with zero attached hydrogens (tertiary/aromatic N) is 5. The molecule has 6 nitrogen and oxygen atoms in total. The highest BCUT2D eigenvalue weighted by atomic mass is 15.3. The van der Waals surface area contributed by atoms with E-state index in [1.54, 1.807) is 10.8 Å². The van der Waals surface area contributed by atoms with E-state index in [1.165, 1.54) is 32.1 Å². The van der Waals surface area contributed by atoms with E-state index in [0.717, 1.165) is 30.1 Å². The van der Waals surface area contributed by atoms with Crippen molar-refractivity contribution in [3.05, 3.63) is 18.1 Å². The lowest BCUT2D eigenvalue weighted by molar-refractivity contribution is 0.0923. The van der Waals surface area contributed by atoms with Crippen molar-refractivity contribution in [2.24, 2.45) is 0 Å². The van der Waals surface area contributed by atoms with E-state index in [4.69, 9.17) is 0 Å². The largest absolute Gasteiger partial charge is 0.380 e. The van der Waals surface area contributed by atoms with Crippen LogP contribution >= 0.6 is 0 Å². The maximum absolute atomic E-state index is 4.60. The zero-order valence-corrected chi connectivity index (χ0v) is 15.4. The molecule has 6 heteroatoms. The average Bonchev–Trinajstić information content (AvgIpc) is 3.08. The molecule has 0 saturated heterocycles. The number of likely N-dealkylation sites (N-methyl/N-ethyl adjacent to an activating group) is 1. The lowest BCUT2D eigenvalue weighted by Crippen LogP contribution is -2.52. The standard InChI is InChI=1S/C18H30N6/c1-5-23(4)18(9-7-6-8-10-18)12-19-16-11-15(14(2)3)22-24-13-20-21-17(16)24/h11,13-14,19H,5-10,12H2,1-4H3. The summed E-state index contributed by atoms with van der Waals surface area (Å²) in [6, 6.07) is 2.14. The Morgan fingerprint density at radius 1 is 1.29 bits per heavy atom. The minimum absolute atomic E-state index is 0.241. The Labute approximate surface area is 144 Å². The Kier molecular flexibility index (Phi) is 5.04. The van der Waals surface area contributed by atoms with Crippen LogP contribution in [0.5, 0.6) is 0 Å². The second kappa shape index (κ2) is 7.05. The molecule has 2 aromatic rings. The number of hydrogen-bond acceptors (Lipinski definition) is 5. The second-order valence-electron chi connectivity index (χ2n) is 7.39. The first-order valence-corrected chi connectivity index (χ1v) is 9.22. The third kappa shape index (κ3) is 3.24. The molecule has 0 unspecified atom stereocenters. The van der Waals surface area contributed by atoms with Crippen LogP contribution in [0.2, 0.25) is 0 Å². The topological polar surface area (TPSA) is 58.4 Å². The highest BCUT2D eigenvalue weighted by Gasteiger charge is 2.35.